The van der Waals surface area contributed by atoms with Gasteiger partial charge in [-0.25, -0.2) is 0 Å². The van der Waals surface area contributed by atoms with E-state index in [0.29, 0.717) is 12.8 Å². The van der Waals surface area contributed by atoms with Gasteiger partial charge in [0, 0.05) is 25.7 Å². The molecule has 0 unspecified atom stereocenters. The van der Waals surface area contributed by atoms with Crippen LogP contribution in [-0.2, 0) is 23.9 Å². The van der Waals surface area contributed by atoms with Gasteiger partial charge >= 0.3 is 11.9 Å². The molecule has 1 aliphatic rings. The predicted octanol–water partition coefficient (Wildman–Crippen LogP) is 2.27. The van der Waals surface area contributed by atoms with E-state index in [1.54, 1.807) is 0 Å². The highest BCUT2D eigenvalue weighted by molar-refractivity contribution is 5.86. The van der Waals surface area contributed by atoms with E-state index in [0.717, 1.165) is 0 Å². The van der Waals surface area contributed by atoms with Crippen LogP contribution in [0.3, 0.4) is 0 Å². The lowest BCUT2D eigenvalue weighted by atomic mass is 9.66. The van der Waals surface area contributed by atoms with Gasteiger partial charge in [-0.15, -0.1) is 0 Å². The standard InChI is InChI=1S/C15H24O5/c1-10(16)19-7-6-13(18)15(5)9-12(20-11(2)17)8-14(15,3)4/h12H,6-9H2,1-5H3/t12-,15+/m0/s1. The first-order chi connectivity index (χ1) is 9.08. The number of rotatable bonds is 5. The highest BCUT2D eigenvalue weighted by atomic mass is 16.5. The third-order valence-electron chi connectivity index (χ3n) is 4.45. The minimum atomic E-state index is -0.562. The van der Waals surface area contributed by atoms with Crippen LogP contribution in [0.25, 0.3) is 0 Å². The van der Waals surface area contributed by atoms with Gasteiger partial charge in [0.15, 0.2) is 0 Å². The van der Waals surface area contributed by atoms with Gasteiger partial charge in [0.1, 0.15) is 11.9 Å². The van der Waals surface area contributed by atoms with Crippen molar-refractivity contribution >= 4 is 17.7 Å². The van der Waals surface area contributed by atoms with Crippen LogP contribution < -0.4 is 0 Å². The first-order valence-corrected chi connectivity index (χ1v) is 6.92. The fourth-order valence-electron chi connectivity index (χ4n) is 2.97. The van der Waals surface area contributed by atoms with Crippen LogP contribution in [0.1, 0.15) is 53.9 Å². The van der Waals surface area contributed by atoms with Crippen molar-refractivity contribution in [1.82, 2.24) is 0 Å². The van der Waals surface area contributed by atoms with Crippen LogP contribution in [-0.4, -0.2) is 30.4 Å². The van der Waals surface area contributed by atoms with Crippen molar-refractivity contribution < 1.29 is 23.9 Å². The summed E-state index contributed by atoms with van der Waals surface area (Å²) in [5.74, 6) is -0.646. The van der Waals surface area contributed by atoms with Crippen LogP contribution in [0.15, 0.2) is 0 Å². The van der Waals surface area contributed by atoms with Gasteiger partial charge in [-0.2, -0.15) is 0 Å². The van der Waals surface area contributed by atoms with E-state index < -0.39 is 5.41 Å². The molecule has 5 nitrogen and oxygen atoms in total. The Morgan fingerprint density at radius 2 is 1.65 bits per heavy atom. The van der Waals surface area contributed by atoms with E-state index in [1.807, 2.05) is 20.8 Å². The molecule has 114 valence electrons. The highest BCUT2D eigenvalue weighted by Gasteiger charge is 2.54. The molecule has 0 heterocycles. The van der Waals surface area contributed by atoms with E-state index in [4.69, 9.17) is 9.47 Å². The summed E-state index contributed by atoms with van der Waals surface area (Å²) in [7, 11) is 0. The molecule has 2 atom stereocenters. The lowest BCUT2D eigenvalue weighted by molar-refractivity contribution is -0.147. The normalized spacial score (nSPS) is 27.9. The minimum Gasteiger partial charge on any atom is -0.465 e. The van der Waals surface area contributed by atoms with Gasteiger partial charge in [0.05, 0.1) is 6.61 Å². The molecule has 20 heavy (non-hydrogen) atoms. The molecule has 0 amide bonds. The molecular weight excluding hydrogens is 260 g/mol. The van der Waals surface area contributed by atoms with Gasteiger partial charge in [-0.3, -0.25) is 14.4 Å². The van der Waals surface area contributed by atoms with Crippen molar-refractivity contribution in [2.24, 2.45) is 10.8 Å². The molecule has 0 N–H and O–H groups in total. The molecule has 0 aromatic rings. The lowest BCUT2D eigenvalue weighted by Gasteiger charge is -2.36. The van der Waals surface area contributed by atoms with Gasteiger partial charge in [0.25, 0.3) is 0 Å². The van der Waals surface area contributed by atoms with E-state index in [2.05, 4.69) is 0 Å². The maximum Gasteiger partial charge on any atom is 0.302 e. The molecule has 0 radical (unpaired) electrons. The maximum absolute atomic E-state index is 12.5. The number of Topliss-reactive ketones (excluding diaryl/α,β-unsaturated/α-hetero) is 1. The second-order valence-electron chi connectivity index (χ2n) is 6.37. The molecule has 1 fully saturated rings. The fourth-order valence-corrected chi connectivity index (χ4v) is 2.97. The van der Waals surface area contributed by atoms with E-state index in [1.165, 1.54) is 13.8 Å². The maximum atomic E-state index is 12.5. The van der Waals surface area contributed by atoms with Crippen molar-refractivity contribution in [3.8, 4) is 0 Å². The Labute approximate surface area is 120 Å². The molecule has 0 aliphatic heterocycles. The molecule has 1 saturated carbocycles. The summed E-state index contributed by atoms with van der Waals surface area (Å²) in [6, 6.07) is 0. The largest absolute Gasteiger partial charge is 0.465 e. The zero-order chi connectivity index (χ0) is 15.6. The Hall–Kier alpha value is -1.39. The van der Waals surface area contributed by atoms with Crippen LogP contribution >= 0.6 is 0 Å². The minimum absolute atomic E-state index is 0.0541. The number of carbonyl (C=O) groups excluding carboxylic acids is 3. The van der Waals surface area contributed by atoms with Crippen molar-refractivity contribution in [1.29, 1.82) is 0 Å². The van der Waals surface area contributed by atoms with E-state index >= 15 is 0 Å². The number of ether oxygens (including phenoxy) is 2. The fraction of sp³-hybridized carbons (Fsp3) is 0.800. The number of hydrogen-bond acceptors (Lipinski definition) is 5. The van der Waals surface area contributed by atoms with Crippen molar-refractivity contribution in [2.75, 3.05) is 6.61 Å². The third kappa shape index (κ3) is 3.58. The summed E-state index contributed by atoms with van der Waals surface area (Å²) in [5, 5.41) is 0. The van der Waals surface area contributed by atoms with Crippen LogP contribution in [0.4, 0.5) is 0 Å². The number of ketones is 1. The summed E-state index contributed by atoms with van der Waals surface area (Å²) >= 11 is 0. The lowest BCUT2D eigenvalue weighted by Crippen LogP contribution is -2.38. The zero-order valence-electron chi connectivity index (χ0n) is 12.9. The summed E-state index contributed by atoms with van der Waals surface area (Å²) in [6.07, 6.45) is 1.18. The molecule has 1 rings (SSSR count). The quantitative estimate of drug-likeness (QED) is 0.724. The molecule has 0 spiro atoms. The molecule has 0 aromatic carbocycles. The molecule has 0 saturated heterocycles. The van der Waals surface area contributed by atoms with Gasteiger partial charge < -0.3 is 9.47 Å². The van der Waals surface area contributed by atoms with Crippen LogP contribution in [0.2, 0.25) is 0 Å². The van der Waals surface area contributed by atoms with Gasteiger partial charge in [-0.1, -0.05) is 20.8 Å². The number of carbonyl (C=O) groups is 3. The second-order valence-corrected chi connectivity index (χ2v) is 6.37. The van der Waals surface area contributed by atoms with Gasteiger partial charge in [0.2, 0.25) is 0 Å². The summed E-state index contributed by atoms with van der Waals surface area (Å²) in [6.45, 7) is 8.75. The summed E-state index contributed by atoms with van der Waals surface area (Å²) in [4.78, 5) is 34.3. The summed E-state index contributed by atoms with van der Waals surface area (Å²) < 4.78 is 10.1. The Morgan fingerprint density at radius 3 is 2.15 bits per heavy atom. The molecule has 1 aliphatic carbocycles. The molecule has 0 bridgehead atoms. The number of esters is 2. The monoisotopic (exact) mass is 284 g/mol. The second kappa shape index (κ2) is 5.94. The van der Waals surface area contributed by atoms with Gasteiger partial charge in [-0.05, 0) is 18.3 Å². The smallest absolute Gasteiger partial charge is 0.302 e. The Morgan fingerprint density at radius 1 is 1.05 bits per heavy atom. The molecule has 0 aromatic heterocycles. The average Bonchev–Trinajstić information content (AvgIpc) is 2.47. The van der Waals surface area contributed by atoms with E-state index in [-0.39, 0.29) is 42.3 Å². The Kier molecular flexibility index (Phi) is 4.95. The topological polar surface area (TPSA) is 69.7 Å². The molecular formula is C15H24O5. The average molecular weight is 284 g/mol. The SMILES string of the molecule is CC(=O)OCCC(=O)[C@@]1(C)C[C@@H](OC(C)=O)CC1(C)C. The zero-order valence-corrected chi connectivity index (χ0v) is 12.9. The van der Waals surface area contributed by atoms with Crippen LogP contribution in [0.5, 0.6) is 0 Å². The van der Waals surface area contributed by atoms with Crippen LogP contribution in [0, 0.1) is 10.8 Å². The predicted molar refractivity (Wildman–Crippen MR) is 72.9 cm³/mol. The third-order valence-corrected chi connectivity index (χ3v) is 4.45. The first-order valence-electron chi connectivity index (χ1n) is 6.92. The Bertz CT molecular complexity index is 412. The number of hydrogen-bond donors (Lipinski definition) is 0. The summed E-state index contributed by atoms with van der Waals surface area (Å²) in [5.41, 5.74) is -0.812. The van der Waals surface area contributed by atoms with Crippen molar-refractivity contribution in [2.45, 2.75) is 60.0 Å². The Balaban J connectivity index is 2.71. The first kappa shape index (κ1) is 16.7. The van der Waals surface area contributed by atoms with Crippen molar-refractivity contribution in [3.05, 3.63) is 0 Å². The van der Waals surface area contributed by atoms with E-state index in [9.17, 15) is 14.4 Å². The molecule has 5 heteroatoms. The van der Waals surface area contributed by atoms with Crippen molar-refractivity contribution in [3.63, 3.8) is 0 Å². The highest BCUT2D eigenvalue weighted by Crippen LogP contribution is 2.54.